The monoisotopic (exact) mass is 310 g/mol. The van der Waals surface area contributed by atoms with Crippen molar-refractivity contribution in [1.82, 2.24) is 9.80 Å². The van der Waals surface area contributed by atoms with Crippen molar-refractivity contribution in [2.45, 2.75) is 13.5 Å². The lowest BCUT2D eigenvalue weighted by Crippen LogP contribution is -2.35. The summed E-state index contributed by atoms with van der Waals surface area (Å²) in [5, 5.41) is 0.759. The van der Waals surface area contributed by atoms with E-state index in [0.29, 0.717) is 12.5 Å². The van der Waals surface area contributed by atoms with Gasteiger partial charge in [-0.05, 0) is 17.7 Å². The van der Waals surface area contributed by atoms with E-state index in [9.17, 15) is 4.79 Å². The van der Waals surface area contributed by atoms with E-state index < -0.39 is 0 Å². The molecule has 1 aromatic rings. The molecule has 0 spiro atoms. The number of hydrogen-bond acceptors (Lipinski definition) is 3. The SMILES string of the molecule is COCC1CN(Cc2ccc(Cl)cc2)CCN(C(C)=O)C1. The van der Waals surface area contributed by atoms with Gasteiger partial charge in [0.1, 0.15) is 0 Å². The summed E-state index contributed by atoms with van der Waals surface area (Å²) in [6, 6.07) is 7.95. The second kappa shape index (κ2) is 7.78. The number of halogens is 1. The van der Waals surface area contributed by atoms with Crippen molar-refractivity contribution in [3.8, 4) is 0 Å². The molecule has 1 heterocycles. The van der Waals surface area contributed by atoms with Crippen LogP contribution in [0.5, 0.6) is 0 Å². The molecule has 2 rings (SSSR count). The highest BCUT2D eigenvalue weighted by atomic mass is 35.5. The first kappa shape index (κ1) is 16.3. The molecule has 1 fully saturated rings. The molecule has 1 amide bonds. The maximum absolute atomic E-state index is 11.7. The number of amides is 1. The third kappa shape index (κ3) is 4.99. The van der Waals surface area contributed by atoms with Crippen LogP contribution < -0.4 is 0 Å². The largest absolute Gasteiger partial charge is 0.384 e. The van der Waals surface area contributed by atoms with E-state index in [0.717, 1.165) is 37.7 Å². The van der Waals surface area contributed by atoms with E-state index in [-0.39, 0.29) is 5.91 Å². The molecular formula is C16H23ClN2O2. The molecule has 0 aromatic heterocycles. The van der Waals surface area contributed by atoms with Gasteiger partial charge in [-0.2, -0.15) is 0 Å². The molecule has 4 nitrogen and oxygen atoms in total. The Morgan fingerprint density at radius 2 is 2.00 bits per heavy atom. The van der Waals surface area contributed by atoms with Crippen molar-refractivity contribution in [1.29, 1.82) is 0 Å². The van der Waals surface area contributed by atoms with Crippen molar-refractivity contribution in [3.63, 3.8) is 0 Å². The summed E-state index contributed by atoms with van der Waals surface area (Å²) in [5.74, 6) is 0.498. The van der Waals surface area contributed by atoms with Crippen LogP contribution in [0.2, 0.25) is 5.02 Å². The summed E-state index contributed by atoms with van der Waals surface area (Å²) in [6.07, 6.45) is 0. The molecule has 5 heteroatoms. The minimum Gasteiger partial charge on any atom is -0.384 e. The number of carbonyl (C=O) groups excluding carboxylic acids is 1. The van der Waals surface area contributed by atoms with E-state index >= 15 is 0 Å². The number of rotatable bonds is 4. The second-order valence-electron chi connectivity index (χ2n) is 5.65. The Morgan fingerprint density at radius 3 is 2.62 bits per heavy atom. The zero-order valence-electron chi connectivity index (χ0n) is 12.7. The van der Waals surface area contributed by atoms with E-state index in [4.69, 9.17) is 16.3 Å². The first-order valence-corrected chi connectivity index (χ1v) is 7.67. The van der Waals surface area contributed by atoms with Gasteiger partial charge in [0.05, 0.1) is 6.61 Å². The fourth-order valence-electron chi connectivity index (χ4n) is 2.80. The molecule has 1 aliphatic rings. The van der Waals surface area contributed by atoms with Crippen LogP contribution in [-0.2, 0) is 16.1 Å². The standard InChI is InChI=1S/C16H23ClN2O2/c1-13(20)19-8-7-18(10-15(11-19)12-21-2)9-14-3-5-16(17)6-4-14/h3-6,15H,7-12H2,1-2H3. The Hall–Kier alpha value is -1.10. The number of nitrogens with zero attached hydrogens (tertiary/aromatic N) is 2. The minimum atomic E-state index is 0.143. The molecule has 0 saturated carbocycles. The molecule has 1 aliphatic heterocycles. The molecular weight excluding hydrogens is 288 g/mol. The van der Waals surface area contributed by atoms with Crippen LogP contribution in [0.1, 0.15) is 12.5 Å². The van der Waals surface area contributed by atoms with Crippen LogP contribution in [0.15, 0.2) is 24.3 Å². The molecule has 1 atom stereocenters. The zero-order chi connectivity index (χ0) is 15.2. The van der Waals surface area contributed by atoms with Crippen LogP contribution in [0.4, 0.5) is 0 Å². The number of ether oxygens (including phenoxy) is 1. The molecule has 0 radical (unpaired) electrons. The molecule has 0 N–H and O–H groups in total. The maximum Gasteiger partial charge on any atom is 0.219 e. The molecule has 116 valence electrons. The van der Waals surface area contributed by atoms with Gasteiger partial charge in [0.15, 0.2) is 0 Å². The summed E-state index contributed by atoms with van der Waals surface area (Å²) < 4.78 is 5.30. The van der Waals surface area contributed by atoms with Crippen LogP contribution in [0.25, 0.3) is 0 Å². The first-order valence-electron chi connectivity index (χ1n) is 7.29. The summed E-state index contributed by atoms with van der Waals surface area (Å²) in [6.45, 7) is 6.59. The summed E-state index contributed by atoms with van der Waals surface area (Å²) in [7, 11) is 1.71. The van der Waals surface area contributed by atoms with Crippen molar-refractivity contribution in [3.05, 3.63) is 34.9 Å². The van der Waals surface area contributed by atoms with Gasteiger partial charge in [0.2, 0.25) is 5.91 Å². The van der Waals surface area contributed by atoms with Crippen LogP contribution in [-0.4, -0.2) is 55.6 Å². The third-order valence-electron chi connectivity index (χ3n) is 3.85. The van der Waals surface area contributed by atoms with Gasteiger partial charge in [0, 0.05) is 57.7 Å². The van der Waals surface area contributed by atoms with Crippen LogP contribution in [0, 0.1) is 5.92 Å². The Kier molecular flexibility index (Phi) is 6.03. The zero-order valence-corrected chi connectivity index (χ0v) is 13.5. The predicted molar refractivity (Wildman–Crippen MR) is 84.3 cm³/mol. The maximum atomic E-state index is 11.7. The van der Waals surface area contributed by atoms with Crippen molar-refractivity contribution in [2.24, 2.45) is 5.92 Å². The summed E-state index contributed by atoms with van der Waals surface area (Å²) in [5.41, 5.74) is 1.24. The van der Waals surface area contributed by atoms with Crippen molar-refractivity contribution >= 4 is 17.5 Å². The molecule has 21 heavy (non-hydrogen) atoms. The molecule has 1 aromatic carbocycles. The Balaban J connectivity index is 2.01. The fraction of sp³-hybridized carbons (Fsp3) is 0.562. The quantitative estimate of drug-likeness (QED) is 0.855. The first-order chi connectivity index (χ1) is 10.1. The number of methoxy groups -OCH3 is 1. The lowest BCUT2D eigenvalue weighted by Gasteiger charge is -2.23. The Labute approximate surface area is 131 Å². The number of carbonyl (C=O) groups is 1. The van der Waals surface area contributed by atoms with Crippen molar-refractivity contribution in [2.75, 3.05) is 39.9 Å². The normalized spacial score (nSPS) is 20.3. The van der Waals surface area contributed by atoms with E-state index in [1.54, 1.807) is 14.0 Å². The molecule has 0 aliphatic carbocycles. The predicted octanol–water partition coefficient (Wildman–Crippen LogP) is 2.27. The highest BCUT2D eigenvalue weighted by Gasteiger charge is 2.24. The number of hydrogen-bond donors (Lipinski definition) is 0. The van der Waals surface area contributed by atoms with Gasteiger partial charge in [-0.15, -0.1) is 0 Å². The van der Waals surface area contributed by atoms with E-state index in [2.05, 4.69) is 17.0 Å². The fourth-order valence-corrected chi connectivity index (χ4v) is 2.92. The van der Waals surface area contributed by atoms with Gasteiger partial charge in [0.25, 0.3) is 0 Å². The van der Waals surface area contributed by atoms with Crippen LogP contribution in [0.3, 0.4) is 0 Å². The van der Waals surface area contributed by atoms with Gasteiger partial charge in [-0.3, -0.25) is 9.69 Å². The van der Waals surface area contributed by atoms with Crippen LogP contribution >= 0.6 is 11.6 Å². The topological polar surface area (TPSA) is 32.8 Å². The minimum absolute atomic E-state index is 0.143. The highest BCUT2D eigenvalue weighted by molar-refractivity contribution is 6.30. The lowest BCUT2D eigenvalue weighted by atomic mass is 10.1. The smallest absolute Gasteiger partial charge is 0.219 e. The Bertz CT molecular complexity index is 464. The summed E-state index contributed by atoms with van der Waals surface area (Å²) >= 11 is 5.92. The average Bonchev–Trinajstić information content (AvgIpc) is 2.64. The average molecular weight is 311 g/mol. The van der Waals surface area contributed by atoms with Gasteiger partial charge in [-0.1, -0.05) is 23.7 Å². The highest BCUT2D eigenvalue weighted by Crippen LogP contribution is 2.15. The van der Waals surface area contributed by atoms with Gasteiger partial charge < -0.3 is 9.64 Å². The van der Waals surface area contributed by atoms with E-state index in [1.807, 2.05) is 17.0 Å². The second-order valence-corrected chi connectivity index (χ2v) is 6.08. The lowest BCUT2D eigenvalue weighted by molar-refractivity contribution is -0.129. The third-order valence-corrected chi connectivity index (χ3v) is 4.10. The van der Waals surface area contributed by atoms with Gasteiger partial charge >= 0.3 is 0 Å². The van der Waals surface area contributed by atoms with Gasteiger partial charge in [-0.25, -0.2) is 0 Å². The molecule has 1 saturated heterocycles. The molecule has 0 bridgehead atoms. The molecule has 1 unspecified atom stereocenters. The number of benzene rings is 1. The summed E-state index contributed by atoms with van der Waals surface area (Å²) in [4.78, 5) is 16.0. The van der Waals surface area contributed by atoms with E-state index in [1.165, 1.54) is 5.56 Å². The Morgan fingerprint density at radius 1 is 1.29 bits per heavy atom. The van der Waals surface area contributed by atoms with Crippen molar-refractivity contribution < 1.29 is 9.53 Å².